The molecule has 0 spiro atoms. The average Bonchev–Trinajstić information content (AvgIpc) is 2.59. The van der Waals surface area contributed by atoms with E-state index < -0.39 is 0 Å². The first-order chi connectivity index (χ1) is 11.5. The molecule has 0 radical (unpaired) electrons. The largest absolute Gasteiger partial charge is 0.356 e. The van der Waals surface area contributed by atoms with E-state index in [0.717, 1.165) is 6.42 Å². The van der Waals surface area contributed by atoms with Crippen molar-refractivity contribution in [2.75, 3.05) is 19.6 Å². The molecule has 0 bridgehead atoms. The van der Waals surface area contributed by atoms with Crippen molar-refractivity contribution in [1.82, 2.24) is 10.2 Å². The minimum atomic E-state index is -0.0848. The summed E-state index contributed by atoms with van der Waals surface area (Å²) in [5, 5.41) is 3.94. The van der Waals surface area contributed by atoms with Crippen LogP contribution in [-0.4, -0.2) is 36.3 Å². The maximum atomic E-state index is 12.3. The molecular formula is C18H22Cl2N2O2. The second-order valence-corrected chi connectivity index (χ2v) is 6.67. The molecule has 1 aliphatic heterocycles. The number of piperidine rings is 1. The number of rotatable bonds is 5. The maximum absolute atomic E-state index is 12.3. The van der Waals surface area contributed by atoms with Gasteiger partial charge in [0, 0.05) is 47.2 Å². The highest BCUT2D eigenvalue weighted by molar-refractivity contribution is 6.37. The molecule has 0 aromatic heterocycles. The number of nitrogens with zero attached hydrogens (tertiary/aromatic N) is 1. The van der Waals surface area contributed by atoms with E-state index in [-0.39, 0.29) is 17.7 Å². The Balaban J connectivity index is 1.89. The molecule has 0 aliphatic carbocycles. The molecule has 0 unspecified atom stereocenters. The van der Waals surface area contributed by atoms with Crippen molar-refractivity contribution in [1.29, 1.82) is 0 Å². The SMILES string of the molecule is CCCNC(=O)C1CCN(C(=O)/C=C/c2c(Cl)cccc2Cl)CC1. The summed E-state index contributed by atoms with van der Waals surface area (Å²) in [6.45, 7) is 3.91. The molecule has 24 heavy (non-hydrogen) atoms. The molecule has 2 amide bonds. The fraction of sp³-hybridized carbons (Fsp3) is 0.444. The van der Waals surface area contributed by atoms with Crippen molar-refractivity contribution >= 4 is 41.1 Å². The minimum absolute atomic E-state index is 0.00240. The zero-order chi connectivity index (χ0) is 17.5. The molecule has 4 nitrogen and oxygen atoms in total. The first-order valence-corrected chi connectivity index (χ1v) is 8.97. The summed E-state index contributed by atoms with van der Waals surface area (Å²) in [5.74, 6) is 0.0170. The van der Waals surface area contributed by atoms with Gasteiger partial charge in [-0.15, -0.1) is 0 Å². The molecule has 0 saturated carbocycles. The number of nitrogens with one attached hydrogen (secondary N) is 1. The zero-order valence-electron chi connectivity index (χ0n) is 13.7. The fourth-order valence-corrected chi connectivity index (χ4v) is 3.21. The van der Waals surface area contributed by atoms with Crippen LogP contribution in [0.4, 0.5) is 0 Å². The minimum Gasteiger partial charge on any atom is -0.356 e. The number of carbonyl (C=O) groups excluding carboxylic acids is 2. The second kappa shape index (κ2) is 9.09. The topological polar surface area (TPSA) is 49.4 Å². The van der Waals surface area contributed by atoms with Gasteiger partial charge in [-0.25, -0.2) is 0 Å². The molecule has 1 aromatic rings. The number of hydrogen-bond acceptors (Lipinski definition) is 2. The molecular weight excluding hydrogens is 347 g/mol. The summed E-state index contributed by atoms with van der Waals surface area (Å²) in [6, 6.07) is 5.23. The van der Waals surface area contributed by atoms with Crippen LogP contribution in [0.25, 0.3) is 6.08 Å². The Morgan fingerprint density at radius 3 is 2.46 bits per heavy atom. The molecule has 130 valence electrons. The van der Waals surface area contributed by atoms with E-state index in [1.165, 1.54) is 6.08 Å². The van der Waals surface area contributed by atoms with Gasteiger partial charge in [-0.05, 0) is 37.5 Å². The molecule has 6 heteroatoms. The smallest absolute Gasteiger partial charge is 0.246 e. The van der Waals surface area contributed by atoms with Crippen molar-refractivity contribution in [2.45, 2.75) is 26.2 Å². The molecule has 1 aromatic carbocycles. The highest BCUT2D eigenvalue weighted by atomic mass is 35.5. The van der Waals surface area contributed by atoms with Crippen molar-refractivity contribution in [2.24, 2.45) is 5.92 Å². The first-order valence-electron chi connectivity index (χ1n) is 8.21. The number of carbonyl (C=O) groups is 2. The number of halogens is 2. The third-order valence-electron chi connectivity index (χ3n) is 4.12. The van der Waals surface area contributed by atoms with Crippen molar-refractivity contribution in [3.05, 3.63) is 39.9 Å². The number of likely N-dealkylation sites (tertiary alicyclic amines) is 1. The van der Waals surface area contributed by atoms with Crippen LogP contribution in [-0.2, 0) is 9.59 Å². The van der Waals surface area contributed by atoms with Gasteiger partial charge < -0.3 is 10.2 Å². The van der Waals surface area contributed by atoms with E-state index in [0.29, 0.717) is 48.1 Å². The number of benzene rings is 1. The van der Waals surface area contributed by atoms with Crippen LogP contribution in [0.3, 0.4) is 0 Å². The summed E-state index contributed by atoms with van der Waals surface area (Å²) in [5.41, 5.74) is 0.642. The summed E-state index contributed by atoms with van der Waals surface area (Å²) in [7, 11) is 0. The highest BCUT2D eigenvalue weighted by Gasteiger charge is 2.26. The third-order valence-corrected chi connectivity index (χ3v) is 4.78. The van der Waals surface area contributed by atoms with Gasteiger partial charge in [0.05, 0.1) is 0 Å². The zero-order valence-corrected chi connectivity index (χ0v) is 15.2. The van der Waals surface area contributed by atoms with Gasteiger partial charge in [0.15, 0.2) is 0 Å². The van der Waals surface area contributed by atoms with Gasteiger partial charge in [0.1, 0.15) is 0 Å². The van der Waals surface area contributed by atoms with Crippen LogP contribution in [0, 0.1) is 5.92 Å². The Morgan fingerprint density at radius 1 is 1.25 bits per heavy atom. The molecule has 2 rings (SSSR count). The van der Waals surface area contributed by atoms with Crippen LogP contribution in [0.5, 0.6) is 0 Å². The molecule has 1 saturated heterocycles. The van der Waals surface area contributed by atoms with Gasteiger partial charge in [0.2, 0.25) is 11.8 Å². The summed E-state index contributed by atoms with van der Waals surface area (Å²) >= 11 is 12.2. The van der Waals surface area contributed by atoms with E-state index in [9.17, 15) is 9.59 Å². The van der Waals surface area contributed by atoms with Gasteiger partial charge in [-0.2, -0.15) is 0 Å². The molecule has 0 atom stereocenters. The molecule has 1 aliphatic rings. The lowest BCUT2D eigenvalue weighted by molar-refractivity contribution is -0.132. The van der Waals surface area contributed by atoms with Crippen LogP contribution in [0.15, 0.2) is 24.3 Å². The number of amides is 2. The van der Waals surface area contributed by atoms with Crippen LogP contribution in [0.2, 0.25) is 10.0 Å². The maximum Gasteiger partial charge on any atom is 0.246 e. The van der Waals surface area contributed by atoms with E-state index >= 15 is 0 Å². The van der Waals surface area contributed by atoms with Crippen molar-refractivity contribution in [3.8, 4) is 0 Å². The second-order valence-electron chi connectivity index (χ2n) is 5.86. The van der Waals surface area contributed by atoms with Gasteiger partial charge in [-0.3, -0.25) is 9.59 Å². The van der Waals surface area contributed by atoms with Gasteiger partial charge >= 0.3 is 0 Å². The van der Waals surface area contributed by atoms with Crippen LogP contribution < -0.4 is 5.32 Å². The van der Waals surface area contributed by atoms with Crippen LogP contribution >= 0.6 is 23.2 Å². The van der Waals surface area contributed by atoms with Crippen molar-refractivity contribution < 1.29 is 9.59 Å². The normalized spacial score (nSPS) is 15.7. The van der Waals surface area contributed by atoms with E-state index in [4.69, 9.17) is 23.2 Å². The molecule has 1 N–H and O–H groups in total. The Bertz CT molecular complexity index is 603. The average molecular weight is 369 g/mol. The Hall–Kier alpha value is -1.52. The lowest BCUT2D eigenvalue weighted by Gasteiger charge is -2.30. The molecule has 1 fully saturated rings. The van der Waals surface area contributed by atoms with Gasteiger partial charge in [-0.1, -0.05) is 36.2 Å². The predicted octanol–water partition coefficient (Wildman–Crippen LogP) is 3.77. The van der Waals surface area contributed by atoms with E-state index in [2.05, 4.69) is 5.32 Å². The first kappa shape index (κ1) is 18.8. The highest BCUT2D eigenvalue weighted by Crippen LogP contribution is 2.25. The van der Waals surface area contributed by atoms with Crippen LogP contribution in [0.1, 0.15) is 31.7 Å². The Morgan fingerprint density at radius 2 is 1.88 bits per heavy atom. The lowest BCUT2D eigenvalue weighted by atomic mass is 9.96. The lowest BCUT2D eigenvalue weighted by Crippen LogP contribution is -2.42. The van der Waals surface area contributed by atoms with Gasteiger partial charge in [0.25, 0.3) is 0 Å². The number of hydrogen-bond donors (Lipinski definition) is 1. The standard InChI is InChI=1S/C18H22Cl2N2O2/c1-2-10-21-18(24)13-8-11-22(12-9-13)17(23)7-6-14-15(19)4-3-5-16(14)20/h3-7,13H,2,8-12H2,1H3,(H,21,24)/b7-6+. The summed E-state index contributed by atoms with van der Waals surface area (Å²) in [6.07, 6.45) is 5.46. The Kier molecular flexibility index (Phi) is 7.13. The molecule has 1 heterocycles. The summed E-state index contributed by atoms with van der Waals surface area (Å²) < 4.78 is 0. The third kappa shape index (κ3) is 4.99. The fourth-order valence-electron chi connectivity index (χ4n) is 2.68. The predicted molar refractivity (Wildman–Crippen MR) is 98.1 cm³/mol. The monoisotopic (exact) mass is 368 g/mol. The quantitative estimate of drug-likeness (QED) is 0.804. The van der Waals surface area contributed by atoms with Crippen molar-refractivity contribution in [3.63, 3.8) is 0 Å². The Labute approximate surface area is 152 Å². The van der Waals surface area contributed by atoms with E-state index in [1.807, 2.05) is 6.92 Å². The summed E-state index contributed by atoms with van der Waals surface area (Å²) in [4.78, 5) is 26.0. The van der Waals surface area contributed by atoms with E-state index in [1.54, 1.807) is 29.2 Å².